The lowest BCUT2D eigenvalue weighted by molar-refractivity contribution is 0.0900. The van der Waals surface area contributed by atoms with E-state index < -0.39 is 0 Å². The van der Waals surface area contributed by atoms with Crippen molar-refractivity contribution in [2.75, 3.05) is 66.6 Å². The van der Waals surface area contributed by atoms with Gasteiger partial charge in [0.1, 0.15) is 12.4 Å². The van der Waals surface area contributed by atoms with Crippen LogP contribution in [0.1, 0.15) is 31.9 Å². The molecule has 1 atom stereocenters. The molecule has 0 bridgehead atoms. The predicted octanol–water partition coefficient (Wildman–Crippen LogP) is 2.97. The van der Waals surface area contributed by atoms with Crippen molar-refractivity contribution in [1.29, 1.82) is 0 Å². The molecule has 184 valence electrons. The quantitative estimate of drug-likeness (QED) is 0.188. The number of rotatable bonds is 11. The lowest BCUT2D eigenvalue weighted by atomic mass is 10.0. The Morgan fingerprint density at radius 3 is 2.47 bits per heavy atom. The highest BCUT2D eigenvalue weighted by molar-refractivity contribution is 14.0. The summed E-state index contributed by atoms with van der Waals surface area (Å²) in [6.07, 6.45) is 0. The zero-order chi connectivity index (χ0) is 22.6. The van der Waals surface area contributed by atoms with Crippen molar-refractivity contribution < 1.29 is 9.47 Å². The molecule has 1 heterocycles. The molecule has 0 spiro atoms. The second-order valence-corrected chi connectivity index (χ2v) is 8.61. The summed E-state index contributed by atoms with van der Waals surface area (Å²) in [6.45, 7) is 16.6. The van der Waals surface area contributed by atoms with E-state index in [1.54, 1.807) is 0 Å². The Balaban J connectivity index is 0.00000512. The van der Waals surface area contributed by atoms with Gasteiger partial charge >= 0.3 is 0 Å². The Kier molecular flexibility index (Phi) is 14.2. The van der Waals surface area contributed by atoms with Gasteiger partial charge in [0.15, 0.2) is 5.96 Å². The minimum atomic E-state index is 0. The molecule has 1 aromatic carbocycles. The number of benzene rings is 1. The fourth-order valence-corrected chi connectivity index (χ4v) is 3.84. The highest BCUT2D eigenvalue weighted by Crippen LogP contribution is 2.20. The van der Waals surface area contributed by atoms with Crippen molar-refractivity contribution >= 4 is 29.9 Å². The van der Waals surface area contributed by atoms with E-state index in [0.29, 0.717) is 38.3 Å². The smallest absolute Gasteiger partial charge is 0.191 e. The van der Waals surface area contributed by atoms with Gasteiger partial charge in [0.05, 0.1) is 6.61 Å². The Hall–Kier alpha value is -1.10. The number of hydrogen-bond donors (Lipinski definition) is 2. The maximum atomic E-state index is 5.97. The summed E-state index contributed by atoms with van der Waals surface area (Å²) in [7, 11) is 4.02. The Bertz CT molecular complexity index is 678. The van der Waals surface area contributed by atoms with Crippen molar-refractivity contribution in [2.24, 2.45) is 10.9 Å². The molecule has 1 aromatic rings. The fourth-order valence-electron chi connectivity index (χ4n) is 3.84. The van der Waals surface area contributed by atoms with Gasteiger partial charge in [-0.1, -0.05) is 26.0 Å². The van der Waals surface area contributed by atoms with E-state index in [4.69, 9.17) is 9.47 Å². The van der Waals surface area contributed by atoms with E-state index >= 15 is 0 Å². The number of guanidine groups is 1. The Morgan fingerprint density at radius 1 is 1.12 bits per heavy atom. The van der Waals surface area contributed by atoms with Crippen molar-refractivity contribution in [1.82, 2.24) is 20.4 Å². The van der Waals surface area contributed by atoms with Gasteiger partial charge in [-0.25, -0.2) is 0 Å². The molecule has 2 N–H and O–H groups in total. The van der Waals surface area contributed by atoms with E-state index in [0.717, 1.165) is 50.0 Å². The molecule has 1 saturated heterocycles. The second-order valence-electron chi connectivity index (χ2n) is 8.61. The highest BCUT2D eigenvalue weighted by Gasteiger charge is 2.25. The van der Waals surface area contributed by atoms with Crippen LogP contribution in [0.2, 0.25) is 0 Å². The van der Waals surface area contributed by atoms with Gasteiger partial charge in [-0.3, -0.25) is 9.89 Å². The molecule has 7 nitrogen and oxygen atoms in total. The van der Waals surface area contributed by atoms with E-state index in [2.05, 4.69) is 71.4 Å². The molecule has 2 rings (SSSR count). The molecule has 0 amide bonds. The number of piperazine rings is 1. The van der Waals surface area contributed by atoms with Gasteiger partial charge in [-0.05, 0) is 38.4 Å². The molecule has 8 heteroatoms. The third kappa shape index (κ3) is 9.80. The Morgan fingerprint density at radius 2 is 1.84 bits per heavy atom. The summed E-state index contributed by atoms with van der Waals surface area (Å²) in [5, 5.41) is 7.00. The standard InChI is InChI=1S/C24H43N5O2.HI/c1-7-30-14-15-31-23-16-20(4)8-9-21(23)17-26-24(25-5)27-18-22(19(2)3)29-12-10-28(6)11-13-29;/h8-9,16,19,22H,7,10-15,17-18H2,1-6H3,(H2,25,26,27);1H. The van der Waals surface area contributed by atoms with Crippen LogP contribution in [0.25, 0.3) is 0 Å². The van der Waals surface area contributed by atoms with E-state index in [9.17, 15) is 0 Å². The summed E-state index contributed by atoms with van der Waals surface area (Å²) in [6, 6.07) is 6.81. The zero-order valence-electron chi connectivity index (χ0n) is 20.8. The van der Waals surface area contributed by atoms with Crippen molar-refractivity contribution in [3.05, 3.63) is 29.3 Å². The summed E-state index contributed by atoms with van der Waals surface area (Å²) in [5.74, 6) is 2.30. The second kappa shape index (κ2) is 15.7. The van der Waals surface area contributed by atoms with Crippen molar-refractivity contribution in [3.8, 4) is 5.75 Å². The Labute approximate surface area is 212 Å². The maximum Gasteiger partial charge on any atom is 0.191 e. The number of halogens is 1. The molecule has 1 unspecified atom stereocenters. The summed E-state index contributed by atoms with van der Waals surface area (Å²) in [4.78, 5) is 9.44. The molecular formula is C24H44IN5O2. The first-order valence-corrected chi connectivity index (χ1v) is 11.6. The van der Waals surface area contributed by atoms with Gasteiger partial charge in [0.25, 0.3) is 0 Å². The molecule has 32 heavy (non-hydrogen) atoms. The zero-order valence-corrected chi connectivity index (χ0v) is 23.1. The van der Waals surface area contributed by atoms with E-state index in [-0.39, 0.29) is 24.0 Å². The van der Waals surface area contributed by atoms with Crippen LogP contribution in [0.3, 0.4) is 0 Å². The summed E-state index contributed by atoms with van der Waals surface area (Å²) < 4.78 is 11.4. The molecule has 1 aliphatic heterocycles. The van der Waals surface area contributed by atoms with Crippen LogP contribution in [-0.4, -0.2) is 88.4 Å². The van der Waals surface area contributed by atoms with Crippen LogP contribution in [-0.2, 0) is 11.3 Å². The first-order chi connectivity index (χ1) is 14.9. The lowest BCUT2D eigenvalue weighted by Crippen LogP contribution is -2.55. The average Bonchev–Trinajstić information content (AvgIpc) is 2.75. The number of hydrogen-bond acceptors (Lipinski definition) is 5. The fraction of sp³-hybridized carbons (Fsp3) is 0.708. The predicted molar refractivity (Wildman–Crippen MR) is 144 cm³/mol. The largest absolute Gasteiger partial charge is 0.491 e. The van der Waals surface area contributed by atoms with Crippen LogP contribution in [0.4, 0.5) is 0 Å². The van der Waals surface area contributed by atoms with Gasteiger partial charge in [0, 0.05) is 64.5 Å². The molecule has 0 aromatic heterocycles. The lowest BCUT2D eigenvalue weighted by Gasteiger charge is -2.40. The third-order valence-electron chi connectivity index (χ3n) is 5.84. The molecule has 0 aliphatic carbocycles. The van der Waals surface area contributed by atoms with Gasteiger partial charge in [-0.15, -0.1) is 24.0 Å². The summed E-state index contributed by atoms with van der Waals surface area (Å²) >= 11 is 0. The average molecular weight is 562 g/mol. The van der Waals surface area contributed by atoms with E-state index in [1.807, 2.05) is 14.0 Å². The number of nitrogens with one attached hydrogen (secondary N) is 2. The minimum Gasteiger partial charge on any atom is -0.491 e. The molecule has 0 radical (unpaired) electrons. The SMILES string of the molecule is CCOCCOc1cc(C)ccc1CNC(=NC)NCC(C(C)C)N1CCN(C)CC1.I. The van der Waals surface area contributed by atoms with Crippen molar-refractivity contribution in [3.63, 3.8) is 0 Å². The number of nitrogens with zero attached hydrogens (tertiary/aromatic N) is 3. The van der Waals surface area contributed by atoms with Gasteiger partial charge in [0.2, 0.25) is 0 Å². The minimum absolute atomic E-state index is 0. The topological polar surface area (TPSA) is 61.4 Å². The van der Waals surface area contributed by atoms with Gasteiger partial charge in [-0.2, -0.15) is 0 Å². The van der Waals surface area contributed by atoms with Crippen LogP contribution in [0.15, 0.2) is 23.2 Å². The first-order valence-electron chi connectivity index (χ1n) is 11.6. The summed E-state index contributed by atoms with van der Waals surface area (Å²) in [5.41, 5.74) is 2.30. The van der Waals surface area contributed by atoms with Crippen LogP contribution in [0.5, 0.6) is 5.75 Å². The van der Waals surface area contributed by atoms with Gasteiger partial charge < -0.3 is 25.0 Å². The van der Waals surface area contributed by atoms with Crippen molar-refractivity contribution in [2.45, 2.75) is 40.3 Å². The maximum absolute atomic E-state index is 5.97. The van der Waals surface area contributed by atoms with Crippen LogP contribution >= 0.6 is 24.0 Å². The number of aliphatic imine (C=N–C) groups is 1. The number of likely N-dealkylation sites (N-methyl/N-ethyl adjacent to an activating group) is 1. The van der Waals surface area contributed by atoms with Crippen LogP contribution < -0.4 is 15.4 Å². The number of aryl methyl sites for hydroxylation is 1. The van der Waals surface area contributed by atoms with Crippen LogP contribution in [0, 0.1) is 12.8 Å². The first kappa shape index (κ1) is 28.9. The number of ether oxygens (including phenoxy) is 2. The molecule has 0 saturated carbocycles. The third-order valence-corrected chi connectivity index (χ3v) is 5.84. The molecular weight excluding hydrogens is 517 g/mol. The van der Waals surface area contributed by atoms with E-state index in [1.165, 1.54) is 5.56 Å². The molecule has 1 aliphatic rings. The normalized spacial score (nSPS) is 16.5. The highest BCUT2D eigenvalue weighted by atomic mass is 127. The molecule has 1 fully saturated rings. The monoisotopic (exact) mass is 561 g/mol.